The summed E-state index contributed by atoms with van der Waals surface area (Å²) in [5.74, 6) is 0.544. The second-order valence-electron chi connectivity index (χ2n) is 1.84. The van der Waals surface area contributed by atoms with Crippen LogP contribution in [0, 0.1) is 5.92 Å². The van der Waals surface area contributed by atoms with Crippen molar-refractivity contribution < 1.29 is 0 Å². The third-order valence-electron chi connectivity index (χ3n) is 1.00. The number of hydrogen-bond acceptors (Lipinski definition) is 2. The van der Waals surface area contributed by atoms with Gasteiger partial charge in [-0.15, -0.1) is 6.58 Å². The van der Waals surface area contributed by atoms with Crippen LogP contribution in [0.5, 0.6) is 0 Å². The normalized spacial score (nSPS) is 13.2. The van der Waals surface area contributed by atoms with Gasteiger partial charge >= 0.3 is 0 Å². The highest BCUT2D eigenvalue weighted by atomic mass is 15.3. The van der Waals surface area contributed by atoms with E-state index in [9.17, 15) is 0 Å². The first-order valence-electron chi connectivity index (χ1n) is 2.83. The lowest BCUT2D eigenvalue weighted by atomic mass is 10.2. The Labute approximate surface area is 50.9 Å². The van der Waals surface area contributed by atoms with E-state index in [0.29, 0.717) is 5.92 Å². The Kier molecular flexibility index (Phi) is 4.61. The highest BCUT2D eigenvalue weighted by Gasteiger charge is 1.90. The van der Waals surface area contributed by atoms with Crippen molar-refractivity contribution in [3.63, 3.8) is 0 Å². The fourth-order valence-corrected chi connectivity index (χ4v) is 0.346. The predicted molar refractivity (Wildman–Crippen MR) is 36.4 cm³/mol. The molecule has 0 rings (SSSR count). The van der Waals surface area contributed by atoms with Gasteiger partial charge in [0.2, 0.25) is 0 Å². The van der Waals surface area contributed by atoms with Crippen molar-refractivity contribution in [2.24, 2.45) is 5.92 Å². The minimum Gasteiger partial charge on any atom is -0.261 e. The molecule has 0 spiro atoms. The fraction of sp³-hybridized carbons (Fsp3) is 0.667. The van der Waals surface area contributed by atoms with Crippen molar-refractivity contribution in [2.45, 2.75) is 6.92 Å². The van der Waals surface area contributed by atoms with Crippen LogP contribution in [0.2, 0.25) is 0 Å². The minimum absolute atomic E-state index is 0.544. The molecule has 0 saturated carbocycles. The van der Waals surface area contributed by atoms with Gasteiger partial charge in [-0.2, -0.15) is 0 Å². The van der Waals surface area contributed by atoms with Crippen molar-refractivity contribution in [2.75, 3.05) is 13.6 Å². The van der Waals surface area contributed by atoms with Gasteiger partial charge in [-0.05, 0) is 13.0 Å². The Balaban J connectivity index is 2.98. The molecule has 0 radical (unpaired) electrons. The Bertz CT molecular complexity index is 61.5. The van der Waals surface area contributed by atoms with E-state index in [-0.39, 0.29) is 0 Å². The molecule has 0 aliphatic rings. The van der Waals surface area contributed by atoms with Crippen molar-refractivity contribution in [3.8, 4) is 0 Å². The van der Waals surface area contributed by atoms with Crippen LogP contribution in [0.3, 0.4) is 0 Å². The maximum atomic E-state index is 3.65. The van der Waals surface area contributed by atoms with Gasteiger partial charge in [0, 0.05) is 6.54 Å². The standard InChI is InChI=1S/C6H14N2/c1-4-6(2)5-8-7-3/h4,6-8H,1,5H2,2-3H3. The Morgan fingerprint density at radius 3 is 2.75 bits per heavy atom. The summed E-state index contributed by atoms with van der Waals surface area (Å²) < 4.78 is 0. The van der Waals surface area contributed by atoms with E-state index >= 15 is 0 Å². The zero-order valence-corrected chi connectivity index (χ0v) is 5.57. The van der Waals surface area contributed by atoms with Crippen molar-refractivity contribution in [3.05, 3.63) is 12.7 Å². The second-order valence-corrected chi connectivity index (χ2v) is 1.84. The van der Waals surface area contributed by atoms with E-state index in [4.69, 9.17) is 0 Å². The van der Waals surface area contributed by atoms with Gasteiger partial charge in [-0.1, -0.05) is 13.0 Å². The first-order chi connectivity index (χ1) is 3.81. The first kappa shape index (κ1) is 7.66. The van der Waals surface area contributed by atoms with Crippen molar-refractivity contribution in [1.82, 2.24) is 10.9 Å². The third-order valence-corrected chi connectivity index (χ3v) is 1.00. The van der Waals surface area contributed by atoms with Gasteiger partial charge in [-0.25, -0.2) is 0 Å². The summed E-state index contributed by atoms with van der Waals surface area (Å²) in [7, 11) is 1.86. The van der Waals surface area contributed by atoms with Gasteiger partial charge in [0.1, 0.15) is 0 Å². The van der Waals surface area contributed by atoms with Crippen molar-refractivity contribution in [1.29, 1.82) is 0 Å². The van der Waals surface area contributed by atoms with Crippen LogP contribution in [0.25, 0.3) is 0 Å². The summed E-state index contributed by atoms with van der Waals surface area (Å²) in [6.07, 6.45) is 1.92. The molecule has 48 valence electrons. The predicted octanol–water partition coefficient (Wildman–Crippen LogP) is 0.532. The van der Waals surface area contributed by atoms with Crippen LogP contribution in [0.1, 0.15) is 6.92 Å². The summed E-state index contributed by atoms with van der Waals surface area (Å²) in [6.45, 7) is 6.70. The molecule has 2 N–H and O–H groups in total. The molecule has 0 bridgehead atoms. The topological polar surface area (TPSA) is 24.1 Å². The summed E-state index contributed by atoms with van der Waals surface area (Å²) in [5, 5.41) is 0. The van der Waals surface area contributed by atoms with E-state index in [1.165, 1.54) is 0 Å². The number of hydrogen-bond donors (Lipinski definition) is 2. The fourth-order valence-electron chi connectivity index (χ4n) is 0.346. The van der Waals surface area contributed by atoms with Gasteiger partial charge in [0.25, 0.3) is 0 Å². The van der Waals surface area contributed by atoms with Crippen LogP contribution in [-0.2, 0) is 0 Å². The van der Waals surface area contributed by atoms with Gasteiger partial charge in [0.05, 0.1) is 0 Å². The molecule has 0 saturated heterocycles. The lowest BCUT2D eigenvalue weighted by Gasteiger charge is -2.04. The van der Waals surface area contributed by atoms with Gasteiger partial charge in [0.15, 0.2) is 0 Å². The SMILES string of the molecule is C=CC(C)CNNC. The summed E-state index contributed by atoms with van der Waals surface area (Å²) in [6, 6.07) is 0. The Hall–Kier alpha value is -0.340. The molecule has 0 aromatic carbocycles. The van der Waals surface area contributed by atoms with Crippen LogP contribution in [-0.4, -0.2) is 13.6 Å². The van der Waals surface area contributed by atoms with Gasteiger partial charge in [-0.3, -0.25) is 10.9 Å². The third kappa shape index (κ3) is 3.84. The summed E-state index contributed by atoms with van der Waals surface area (Å²) in [5.41, 5.74) is 5.81. The largest absolute Gasteiger partial charge is 0.261 e. The van der Waals surface area contributed by atoms with Crippen LogP contribution in [0.15, 0.2) is 12.7 Å². The summed E-state index contributed by atoms with van der Waals surface area (Å²) in [4.78, 5) is 0. The molecule has 1 unspecified atom stereocenters. The molecule has 0 heterocycles. The number of rotatable bonds is 4. The lowest BCUT2D eigenvalue weighted by Crippen LogP contribution is -2.31. The molecule has 2 heteroatoms. The quantitative estimate of drug-likeness (QED) is 0.411. The summed E-state index contributed by atoms with van der Waals surface area (Å²) >= 11 is 0. The molecule has 0 aromatic heterocycles. The molecule has 0 aromatic rings. The molecular weight excluding hydrogens is 100 g/mol. The first-order valence-corrected chi connectivity index (χ1v) is 2.83. The zero-order valence-electron chi connectivity index (χ0n) is 5.57. The molecule has 8 heavy (non-hydrogen) atoms. The zero-order chi connectivity index (χ0) is 6.41. The van der Waals surface area contributed by atoms with Crippen LogP contribution >= 0.6 is 0 Å². The van der Waals surface area contributed by atoms with E-state index in [1.807, 2.05) is 13.1 Å². The highest BCUT2D eigenvalue weighted by Crippen LogP contribution is 1.89. The van der Waals surface area contributed by atoms with E-state index in [0.717, 1.165) is 6.54 Å². The van der Waals surface area contributed by atoms with E-state index in [1.54, 1.807) is 0 Å². The monoisotopic (exact) mass is 114 g/mol. The van der Waals surface area contributed by atoms with E-state index in [2.05, 4.69) is 24.4 Å². The lowest BCUT2D eigenvalue weighted by molar-refractivity contribution is 0.535. The van der Waals surface area contributed by atoms with E-state index < -0.39 is 0 Å². The van der Waals surface area contributed by atoms with Crippen LogP contribution < -0.4 is 10.9 Å². The molecule has 0 amide bonds. The van der Waals surface area contributed by atoms with Gasteiger partial charge < -0.3 is 0 Å². The minimum atomic E-state index is 0.544. The molecule has 2 nitrogen and oxygen atoms in total. The maximum Gasteiger partial charge on any atom is 0.0160 e. The van der Waals surface area contributed by atoms with Crippen LogP contribution in [0.4, 0.5) is 0 Å². The Morgan fingerprint density at radius 2 is 2.38 bits per heavy atom. The molecule has 0 aliphatic heterocycles. The number of hydrazine groups is 1. The maximum absolute atomic E-state index is 3.65. The number of nitrogens with one attached hydrogen (secondary N) is 2. The second kappa shape index (κ2) is 4.81. The molecule has 1 atom stereocenters. The Morgan fingerprint density at radius 1 is 1.75 bits per heavy atom. The smallest absolute Gasteiger partial charge is 0.0160 e. The average molecular weight is 114 g/mol. The highest BCUT2D eigenvalue weighted by molar-refractivity contribution is 4.75. The molecule has 0 aliphatic carbocycles. The van der Waals surface area contributed by atoms with Crippen molar-refractivity contribution >= 4 is 0 Å². The molecular formula is C6H14N2. The average Bonchev–Trinajstić information content (AvgIpc) is 1.83. The molecule has 0 fully saturated rings.